The van der Waals surface area contributed by atoms with E-state index >= 15 is 0 Å². The minimum Gasteiger partial charge on any atom is -0.490 e. The van der Waals surface area contributed by atoms with E-state index in [1.54, 1.807) is 0 Å². The van der Waals surface area contributed by atoms with E-state index in [-0.39, 0.29) is 6.16 Å². The van der Waals surface area contributed by atoms with E-state index in [4.69, 9.17) is 38.2 Å². The molecule has 0 bridgehead atoms. The van der Waals surface area contributed by atoms with Crippen LogP contribution in [0.1, 0.15) is 317 Å². The van der Waals surface area contributed by atoms with Crippen molar-refractivity contribution in [3.05, 3.63) is 36.4 Å². The van der Waals surface area contributed by atoms with Gasteiger partial charge >= 0.3 is 7.60 Å². The highest BCUT2D eigenvalue weighted by Gasteiger charge is 2.21. The fourth-order valence-electron chi connectivity index (χ4n) is 11.7. The second-order valence-corrected chi connectivity index (χ2v) is 26.6. The fourth-order valence-corrected chi connectivity index (χ4v) is 12.4. The predicted molar refractivity (Wildman–Crippen MR) is 360 cm³/mol. The van der Waals surface area contributed by atoms with Crippen LogP contribution in [0.15, 0.2) is 36.4 Å². The molecule has 84 heavy (non-hydrogen) atoms. The Bertz CT molecular complexity index is 2250. The van der Waals surface area contributed by atoms with Crippen LogP contribution in [-0.4, -0.2) is 55.6 Å². The maximum Gasteiger partial charge on any atom is 0.325 e. The minimum absolute atomic E-state index is 0.0245. The fraction of sp³-hybridized carbons (Fsp3) is 0.757. The van der Waals surface area contributed by atoms with E-state index in [1.807, 2.05) is 0 Å². The molecule has 0 unspecified atom stereocenters. The van der Waals surface area contributed by atoms with Crippen molar-refractivity contribution in [2.75, 3.05) is 45.8 Å². The van der Waals surface area contributed by atoms with Crippen LogP contribution in [0, 0.1) is 0 Å². The van der Waals surface area contributed by atoms with Crippen molar-refractivity contribution >= 4 is 39.9 Å². The topological polar surface area (TPSA) is 113 Å². The third-order valence-corrected chi connectivity index (χ3v) is 17.9. The first-order valence-electron chi connectivity index (χ1n) is 35.6. The molecule has 9 nitrogen and oxygen atoms in total. The average molecular weight is 1190 g/mol. The maximum absolute atomic E-state index is 11.1. The molecule has 2 N–H and O–H groups in total. The lowest BCUT2D eigenvalue weighted by atomic mass is 9.93. The molecule has 0 atom stereocenters. The van der Waals surface area contributed by atoms with Gasteiger partial charge in [0.05, 0.1) is 39.6 Å². The van der Waals surface area contributed by atoms with Crippen LogP contribution in [0.5, 0.6) is 34.5 Å². The molecule has 0 aliphatic carbocycles. The van der Waals surface area contributed by atoms with Crippen molar-refractivity contribution in [1.29, 1.82) is 0 Å². The van der Waals surface area contributed by atoms with Crippen molar-refractivity contribution in [2.45, 2.75) is 317 Å². The molecule has 0 heterocycles. The predicted octanol–water partition coefficient (Wildman–Crippen LogP) is 23.9. The van der Waals surface area contributed by atoms with Crippen LogP contribution < -0.4 is 28.4 Å². The summed E-state index contributed by atoms with van der Waals surface area (Å²) in [6.07, 6.45) is 52.3. The number of benzene rings is 4. The van der Waals surface area contributed by atoms with Gasteiger partial charge in [-0.25, -0.2) is 0 Å². The number of rotatable bonds is 58. The van der Waals surface area contributed by atoms with Gasteiger partial charge in [0.2, 0.25) is 0 Å². The summed E-state index contributed by atoms with van der Waals surface area (Å²) in [4.78, 5) is 18.2. The van der Waals surface area contributed by atoms with Gasteiger partial charge in [-0.2, -0.15) is 0 Å². The zero-order chi connectivity index (χ0) is 60.0. The summed E-state index contributed by atoms with van der Waals surface area (Å²) in [6.45, 7) is 15.3. The molecule has 0 aliphatic rings. The molecule has 0 aliphatic heterocycles. The second kappa shape index (κ2) is 47.6. The number of ether oxygens (including phenoxy) is 6. The van der Waals surface area contributed by atoms with Gasteiger partial charge in [0.25, 0.3) is 0 Å². The Morgan fingerprint density at radius 2 is 0.381 bits per heavy atom. The van der Waals surface area contributed by atoms with Crippen molar-refractivity contribution in [3.8, 4) is 34.5 Å². The first-order chi connectivity index (χ1) is 41.2. The van der Waals surface area contributed by atoms with Crippen molar-refractivity contribution in [3.63, 3.8) is 0 Å². The van der Waals surface area contributed by atoms with E-state index < -0.39 is 7.60 Å². The molecule has 0 amide bonds. The largest absolute Gasteiger partial charge is 0.490 e. The summed E-state index contributed by atoms with van der Waals surface area (Å²) in [7, 11) is -3.85. The van der Waals surface area contributed by atoms with E-state index in [9.17, 15) is 4.57 Å². The molecule has 0 radical (unpaired) electrons. The third-order valence-electron chi connectivity index (χ3n) is 17.0. The number of hydrogen-bond acceptors (Lipinski definition) is 7. The first-order valence-corrected chi connectivity index (χ1v) is 37.4. The van der Waals surface area contributed by atoms with Crippen molar-refractivity contribution in [2.24, 2.45) is 0 Å². The highest BCUT2D eigenvalue weighted by Crippen LogP contribution is 2.47. The van der Waals surface area contributed by atoms with Gasteiger partial charge in [-0.05, 0) is 114 Å². The Hall–Kier alpha value is -3.39. The lowest BCUT2D eigenvalue weighted by molar-refractivity contribution is 0.258. The Labute approximate surface area is 514 Å². The molecule has 4 aromatic rings. The molecule has 0 spiro atoms. The first kappa shape index (κ1) is 73.1. The zero-order valence-electron chi connectivity index (χ0n) is 54.7. The molecule has 480 valence electrons. The summed E-state index contributed by atoms with van der Waals surface area (Å²) in [5.74, 6) is 4.90. The molecular weight excluding hydrogens is 1060 g/mol. The summed E-state index contributed by atoms with van der Waals surface area (Å²) in [5.41, 5.74) is 0. The Kier molecular flexibility index (Phi) is 41.5. The smallest absolute Gasteiger partial charge is 0.325 e. The van der Waals surface area contributed by atoms with Crippen LogP contribution in [0.25, 0.3) is 32.3 Å². The van der Waals surface area contributed by atoms with Crippen molar-refractivity contribution in [1.82, 2.24) is 0 Å². The molecular formula is C74H125O9P. The Morgan fingerprint density at radius 1 is 0.238 bits per heavy atom. The number of fused-ring (bicyclic) bond motifs is 6. The molecule has 0 saturated carbocycles. The van der Waals surface area contributed by atoms with Gasteiger partial charge in [-0.1, -0.05) is 272 Å². The number of hydrogen-bond donors (Lipinski definition) is 2. The summed E-state index contributed by atoms with van der Waals surface area (Å²) in [6, 6.07) is 13.6. The zero-order valence-corrected chi connectivity index (χ0v) is 55.6. The molecule has 10 heteroatoms. The van der Waals surface area contributed by atoms with Crippen LogP contribution in [0.3, 0.4) is 0 Å². The highest BCUT2D eigenvalue weighted by molar-refractivity contribution is 7.51. The van der Waals surface area contributed by atoms with Gasteiger partial charge < -0.3 is 38.2 Å². The van der Waals surface area contributed by atoms with Crippen LogP contribution in [0.2, 0.25) is 0 Å². The molecule has 0 fully saturated rings. The van der Waals surface area contributed by atoms with Gasteiger partial charge in [0.15, 0.2) is 34.5 Å². The molecule has 0 aromatic heterocycles. The Morgan fingerprint density at radius 3 is 0.536 bits per heavy atom. The average Bonchev–Trinajstić information content (AvgIpc) is 1.01. The normalized spacial score (nSPS) is 11.8. The standard InChI is InChI=1S/C74H125O9P/c1-6-11-16-21-36-43-50-78-69-57-63-64-58-70(79-51-44-37-22-17-12-7-2)72(81-53-46-39-24-19-14-9-4)60-66(64)68-62-74(83-55-48-41-34-32-30-28-26-27-29-31-33-35-42-49-56-84(75,76)77)73(82-54-47-40-25-20-15-10-5)61-67(68)65(63)59-71(69)80-52-45-38-23-18-13-8-3/h57-62H,6-56H2,1-5H3,(H2,75,76,77). The summed E-state index contributed by atoms with van der Waals surface area (Å²) < 4.78 is 52.2. The van der Waals surface area contributed by atoms with Crippen LogP contribution in [0.4, 0.5) is 0 Å². The van der Waals surface area contributed by atoms with Crippen molar-refractivity contribution < 1.29 is 42.8 Å². The van der Waals surface area contributed by atoms with Gasteiger partial charge in [0.1, 0.15) is 0 Å². The summed E-state index contributed by atoms with van der Waals surface area (Å²) in [5, 5.41) is 6.72. The second-order valence-electron chi connectivity index (χ2n) is 24.8. The van der Waals surface area contributed by atoms with Crippen LogP contribution >= 0.6 is 7.60 Å². The number of unbranched alkanes of at least 4 members (excludes halogenated alkanes) is 38. The van der Waals surface area contributed by atoms with E-state index in [0.717, 1.165) is 131 Å². The van der Waals surface area contributed by atoms with E-state index in [0.29, 0.717) is 46.1 Å². The lowest BCUT2D eigenvalue weighted by Crippen LogP contribution is -2.05. The van der Waals surface area contributed by atoms with E-state index in [2.05, 4.69) is 71.0 Å². The van der Waals surface area contributed by atoms with Gasteiger partial charge in [-0.3, -0.25) is 4.57 Å². The van der Waals surface area contributed by atoms with Gasteiger partial charge in [0, 0.05) is 6.16 Å². The SMILES string of the molecule is CCCCCCCCOc1cc2c3cc(OCCCCCCCC)c(OCCCCCCCC)cc3c3cc(OCCCCCCCCCCCCCCCCP(=O)(O)O)c(OCCCCCCCC)cc3c2cc1OCCCCCCCC. The Balaban J connectivity index is 1.70. The quantitative estimate of drug-likeness (QED) is 0.0253. The third kappa shape index (κ3) is 31.5. The van der Waals surface area contributed by atoms with E-state index in [1.165, 1.54) is 212 Å². The maximum atomic E-state index is 11.1. The molecule has 4 aromatic carbocycles. The summed E-state index contributed by atoms with van der Waals surface area (Å²) >= 11 is 0. The monoisotopic (exact) mass is 1190 g/mol. The van der Waals surface area contributed by atoms with Crippen LogP contribution in [-0.2, 0) is 4.57 Å². The molecule has 4 rings (SSSR count). The minimum atomic E-state index is -3.85. The molecule has 0 saturated heterocycles. The highest BCUT2D eigenvalue weighted by atomic mass is 31.2. The lowest BCUT2D eigenvalue weighted by Gasteiger charge is -2.21. The van der Waals surface area contributed by atoms with Gasteiger partial charge in [-0.15, -0.1) is 0 Å².